The van der Waals surface area contributed by atoms with E-state index >= 15 is 0 Å². The lowest BCUT2D eigenvalue weighted by molar-refractivity contribution is -0.143. The monoisotopic (exact) mass is 279 g/mol. The van der Waals surface area contributed by atoms with Gasteiger partial charge in [0.05, 0.1) is 13.2 Å². The van der Waals surface area contributed by atoms with Gasteiger partial charge in [0.2, 0.25) is 0 Å². The van der Waals surface area contributed by atoms with E-state index in [1.54, 1.807) is 0 Å². The maximum atomic E-state index is 11.6. The summed E-state index contributed by atoms with van der Waals surface area (Å²) in [5, 5.41) is 3.28. The first-order chi connectivity index (χ1) is 9.47. The predicted molar refractivity (Wildman–Crippen MR) is 79.9 cm³/mol. The molecule has 4 nitrogen and oxygen atoms in total. The molecule has 0 saturated carbocycles. The van der Waals surface area contributed by atoms with Gasteiger partial charge in [0, 0.05) is 6.04 Å². The normalized spacial score (nSPS) is 13.9. The fourth-order valence-electron chi connectivity index (χ4n) is 2.00. The lowest BCUT2D eigenvalue weighted by Crippen LogP contribution is -2.38. The van der Waals surface area contributed by atoms with E-state index in [1.807, 2.05) is 52.0 Å². The number of benzene rings is 1. The van der Waals surface area contributed by atoms with Crippen LogP contribution in [-0.2, 0) is 9.53 Å². The summed E-state index contributed by atoms with van der Waals surface area (Å²) in [4.78, 5) is 11.6. The van der Waals surface area contributed by atoms with Gasteiger partial charge in [-0.15, -0.1) is 0 Å². The first kappa shape index (κ1) is 16.5. The summed E-state index contributed by atoms with van der Waals surface area (Å²) in [5.74, 6) is 0.634. The summed E-state index contributed by atoms with van der Waals surface area (Å²) in [6, 6.07) is 7.73. The molecule has 0 amide bonds. The number of nitrogens with one attached hydrogen (secondary N) is 1. The van der Waals surface area contributed by atoms with E-state index < -0.39 is 0 Å². The first-order valence-corrected chi connectivity index (χ1v) is 7.08. The van der Waals surface area contributed by atoms with E-state index in [0.29, 0.717) is 6.42 Å². The van der Waals surface area contributed by atoms with Crippen molar-refractivity contribution in [2.24, 2.45) is 0 Å². The van der Waals surface area contributed by atoms with Gasteiger partial charge in [-0.2, -0.15) is 0 Å². The second-order valence-corrected chi connectivity index (χ2v) is 5.11. The number of rotatable bonds is 7. The Kier molecular flexibility index (Phi) is 6.52. The fourth-order valence-corrected chi connectivity index (χ4v) is 2.00. The molecule has 0 fully saturated rings. The molecule has 2 unspecified atom stereocenters. The number of hydrogen-bond acceptors (Lipinski definition) is 4. The summed E-state index contributed by atoms with van der Waals surface area (Å²) in [7, 11) is 1.41. The van der Waals surface area contributed by atoms with Gasteiger partial charge in [-0.25, -0.2) is 0 Å². The number of ether oxygens (including phenoxy) is 2. The molecule has 0 aromatic heterocycles. The van der Waals surface area contributed by atoms with Crippen LogP contribution in [0.3, 0.4) is 0 Å². The third-order valence-corrected chi connectivity index (χ3v) is 3.10. The summed E-state index contributed by atoms with van der Waals surface area (Å²) in [6.07, 6.45) is 0.867. The van der Waals surface area contributed by atoms with Crippen LogP contribution in [0, 0.1) is 0 Å². The lowest BCUT2D eigenvalue weighted by Gasteiger charge is -2.21. The summed E-state index contributed by atoms with van der Waals surface area (Å²) in [5.41, 5.74) is 1.11. The van der Waals surface area contributed by atoms with Crippen LogP contribution in [0.4, 0.5) is 0 Å². The van der Waals surface area contributed by atoms with Gasteiger partial charge in [-0.05, 0) is 44.9 Å². The SMILES string of the molecule is CCC(NC(C)c1ccc(OC(C)C)cc1)C(=O)OC. The Morgan fingerprint density at radius 2 is 1.80 bits per heavy atom. The second kappa shape index (κ2) is 7.90. The fraction of sp³-hybridized carbons (Fsp3) is 0.562. The second-order valence-electron chi connectivity index (χ2n) is 5.11. The molecule has 4 heteroatoms. The molecule has 1 rings (SSSR count). The zero-order chi connectivity index (χ0) is 15.1. The highest BCUT2D eigenvalue weighted by Crippen LogP contribution is 2.19. The van der Waals surface area contributed by atoms with Crippen molar-refractivity contribution in [3.8, 4) is 5.75 Å². The molecule has 0 spiro atoms. The Labute approximate surface area is 121 Å². The highest BCUT2D eigenvalue weighted by Gasteiger charge is 2.19. The van der Waals surface area contributed by atoms with Crippen molar-refractivity contribution in [2.75, 3.05) is 7.11 Å². The third-order valence-electron chi connectivity index (χ3n) is 3.10. The quantitative estimate of drug-likeness (QED) is 0.779. The van der Waals surface area contributed by atoms with E-state index in [4.69, 9.17) is 9.47 Å². The van der Waals surface area contributed by atoms with E-state index in [9.17, 15) is 4.79 Å². The van der Waals surface area contributed by atoms with E-state index in [1.165, 1.54) is 7.11 Å². The Morgan fingerprint density at radius 3 is 2.25 bits per heavy atom. The van der Waals surface area contributed by atoms with E-state index in [0.717, 1.165) is 11.3 Å². The number of carbonyl (C=O) groups excluding carboxylic acids is 1. The highest BCUT2D eigenvalue weighted by atomic mass is 16.5. The zero-order valence-corrected chi connectivity index (χ0v) is 13.0. The standard InChI is InChI=1S/C16H25NO3/c1-6-15(16(18)19-5)17-12(4)13-7-9-14(10-8-13)20-11(2)3/h7-12,15,17H,6H2,1-5H3. The van der Waals surface area contributed by atoms with Crippen LogP contribution in [-0.4, -0.2) is 25.2 Å². The molecule has 1 N–H and O–H groups in total. The van der Waals surface area contributed by atoms with Crippen LogP contribution < -0.4 is 10.1 Å². The van der Waals surface area contributed by atoms with Crippen LogP contribution in [0.1, 0.15) is 45.7 Å². The summed E-state index contributed by atoms with van der Waals surface area (Å²) < 4.78 is 10.4. The number of hydrogen-bond donors (Lipinski definition) is 1. The van der Waals surface area contributed by atoms with Gasteiger partial charge in [0.25, 0.3) is 0 Å². The molecular formula is C16H25NO3. The summed E-state index contributed by atoms with van der Waals surface area (Å²) in [6.45, 7) is 7.99. The lowest BCUT2D eigenvalue weighted by atomic mass is 10.1. The van der Waals surface area contributed by atoms with Crippen molar-refractivity contribution in [3.05, 3.63) is 29.8 Å². The molecule has 0 heterocycles. The van der Waals surface area contributed by atoms with Gasteiger partial charge < -0.3 is 9.47 Å². The average Bonchev–Trinajstić information content (AvgIpc) is 2.43. The molecule has 0 saturated heterocycles. The van der Waals surface area contributed by atoms with Crippen LogP contribution in [0.15, 0.2) is 24.3 Å². The average molecular weight is 279 g/mol. The van der Waals surface area contributed by atoms with Gasteiger partial charge >= 0.3 is 5.97 Å². The smallest absolute Gasteiger partial charge is 0.322 e. The zero-order valence-electron chi connectivity index (χ0n) is 13.0. The Hall–Kier alpha value is -1.55. The number of carbonyl (C=O) groups is 1. The van der Waals surface area contributed by atoms with E-state index in [2.05, 4.69) is 5.32 Å². The molecule has 0 radical (unpaired) electrons. The Morgan fingerprint density at radius 1 is 1.20 bits per heavy atom. The first-order valence-electron chi connectivity index (χ1n) is 7.08. The van der Waals surface area contributed by atoms with E-state index in [-0.39, 0.29) is 24.2 Å². The molecule has 0 bridgehead atoms. The highest BCUT2D eigenvalue weighted by molar-refractivity contribution is 5.75. The van der Waals surface area contributed by atoms with Crippen molar-refractivity contribution in [1.82, 2.24) is 5.32 Å². The van der Waals surface area contributed by atoms with Crippen LogP contribution in [0.5, 0.6) is 5.75 Å². The number of methoxy groups -OCH3 is 1. The molecule has 112 valence electrons. The molecule has 20 heavy (non-hydrogen) atoms. The van der Waals surface area contributed by atoms with Crippen molar-refractivity contribution in [1.29, 1.82) is 0 Å². The maximum absolute atomic E-state index is 11.6. The van der Waals surface area contributed by atoms with Crippen LogP contribution in [0.25, 0.3) is 0 Å². The molecular weight excluding hydrogens is 254 g/mol. The number of esters is 1. The van der Waals surface area contributed by atoms with Crippen molar-refractivity contribution in [3.63, 3.8) is 0 Å². The van der Waals surface area contributed by atoms with Crippen LogP contribution in [0.2, 0.25) is 0 Å². The van der Waals surface area contributed by atoms with Gasteiger partial charge in [0.15, 0.2) is 0 Å². The van der Waals surface area contributed by atoms with Gasteiger partial charge in [0.1, 0.15) is 11.8 Å². The third kappa shape index (κ3) is 4.85. The molecule has 1 aromatic carbocycles. The van der Waals surface area contributed by atoms with Gasteiger partial charge in [-0.1, -0.05) is 19.1 Å². The van der Waals surface area contributed by atoms with Crippen molar-refractivity contribution >= 4 is 5.97 Å². The molecule has 2 atom stereocenters. The Bertz CT molecular complexity index is 414. The molecule has 1 aromatic rings. The minimum atomic E-state index is -0.276. The molecule has 0 aliphatic rings. The minimum absolute atomic E-state index is 0.0761. The van der Waals surface area contributed by atoms with Crippen molar-refractivity contribution < 1.29 is 14.3 Å². The van der Waals surface area contributed by atoms with Crippen LogP contribution >= 0.6 is 0 Å². The minimum Gasteiger partial charge on any atom is -0.491 e. The topological polar surface area (TPSA) is 47.6 Å². The Balaban J connectivity index is 2.67. The summed E-state index contributed by atoms with van der Waals surface area (Å²) >= 11 is 0. The molecule has 0 aliphatic carbocycles. The van der Waals surface area contributed by atoms with Gasteiger partial charge in [-0.3, -0.25) is 10.1 Å². The maximum Gasteiger partial charge on any atom is 0.322 e. The van der Waals surface area contributed by atoms with Crippen molar-refractivity contribution in [2.45, 2.75) is 52.3 Å². The predicted octanol–water partition coefficient (Wildman–Crippen LogP) is 3.08. The largest absolute Gasteiger partial charge is 0.491 e. The molecule has 0 aliphatic heterocycles.